The number of aromatic nitrogens is 1. The molecule has 1 aliphatic carbocycles. The van der Waals surface area contributed by atoms with Gasteiger partial charge in [-0.15, -0.1) is 0 Å². The lowest BCUT2D eigenvalue weighted by molar-refractivity contribution is 0.00578. The van der Waals surface area contributed by atoms with Crippen molar-refractivity contribution in [1.82, 2.24) is 4.57 Å². The molecule has 1 saturated carbocycles. The van der Waals surface area contributed by atoms with Crippen LogP contribution in [-0.4, -0.2) is 29.1 Å². The minimum atomic E-state index is -0.729. The summed E-state index contributed by atoms with van der Waals surface area (Å²) in [5, 5.41) is 1.56. The van der Waals surface area contributed by atoms with Crippen LogP contribution in [0.5, 0.6) is 0 Å². The molecule has 1 aromatic carbocycles. The largest absolute Gasteiger partial charge is 0.494 e. The summed E-state index contributed by atoms with van der Waals surface area (Å²) < 4.78 is 27.5. The fourth-order valence-corrected chi connectivity index (χ4v) is 4.00. The summed E-state index contributed by atoms with van der Waals surface area (Å²) in [6, 6.07) is 7.83. The van der Waals surface area contributed by atoms with E-state index in [1.54, 1.807) is 4.57 Å². The van der Waals surface area contributed by atoms with Crippen molar-refractivity contribution in [3.8, 4) is 0 Å². The Bertz CT molecular complexity index is 899. The van der Waals surface area contributed by atoms with E-state index in [2.05, 4.69) is 0 Å². The van der Waals surface area contributed by atoms with Gasteiger partial charge in [0.1, 0.15) is 6.17 Å². The molecule has 2 fully saturated rings. The molecule has 1 saturated heterocycles. The maximum atomic E-state index is 13.5. The van der Waals surface area contributed by atoms with E-state index >= 15 is 0 Å². The summed E-state index contributed by atoms with van der Waals surface area (Å²) in [5.74, 6) is 0. The van der Waals surface area contributed by atoms with Gasteiger partial charge in [-0.05, 0) is 76.4 Å². The zero-order valence-corrected chi connectivity index (χ0v) is 16.5. The second kappa shape index (κ2) is 6.45. The van der Waals surface area contributed by atoms with Crippen LogP contribution < -0.4 is 11.0 Å². The molecule has 2 aliphatic rings. The molecule has 2 aromatic rings. The minimum absolute atomic E-state index is 0.0202. The number of fused-ring (bicyclic) bond motifs is 1. The topological polar surface area (TPSA) is 40.5 Å². The van der Waals surface area contributed by atoms with E-state index in [0.29, 0.717) is 31.1 Å². The van der Waals surface area contributed by atoms with Crippen LogP contribution in [0.1, 0.15) is 59.4 Å². The Labute approximate surface area is 159 Å². The predicted octanol–water partition coefficient (Wildman–Crippen LogP) is 3.75. The average Bonchev–Trinajstić information content (AvgIpc) is 2.84. The highest BCUT2D eigenvalue weighted by molar-refractivity contribution is 6.62. The Morgan fingerprint density at radius 3 is 2.30 bits per heavy atom. The van der Waals surface area contributed by atoms with Gasteiger partial charge in [0, 0.05) is 17.6 Å². The third-order valence-electron chi connectivity index (χ3n) is 6.50. The van der Waals surface area contributed by atoms with E-state index in [1.165, 1.54) is 0 Å². The predicted molar refractivity (Wildman–Crippen MR) is 106 cm³/mol. The van der Waals surface area contributed by atoms with Gasteiger partial charge in [0.15, 0.2) is 0 Å². The van der Waals surface area contributed by atoms with Gasteiger partial charge in [-0.1, -0.05) is 12.1 Å². The highest BCUT2D eigenvalue weighted by atomic mass is 19.1. The van der Waals surface area contributed by atoms with Crippen molar-refractivity contribution in [2.45, 2.75) is 76.8 Å². The van der Waals surface area contributed by atoms with Gasteiger partial charge in [0.05, 0.1) is 11.2 Å². The maximum Gasteiger partial charge on any atom is 0.494 e. The van der Waals surface area contributed by atoms with Gasteiger partial charge >= 0.3 is 7.12 Å². The first-order chi connectivity index (χ1) is 12.7. The number of benzene rings is 1. The molecule has 4 rings (SSSR count). The summed E-state index contributed by atoms with van der Waals surface area (Å²) in [7, 11) is -0.491. The molecule has 1 aliphatic heterocycles. The first-order valence-corrected chi connectivity index (χ1v) is 9.82. The third-order valence-corrected chi connectivity index (χ3v) is 6.50. The summed E-state index contributed by atoms with van der Waals surface area (Å²) in [6.45, 7) is 8.06. The molecule has 4 nitrogen and oxygen atoms in total. The second-order valence-corrected chi connectivity index (χ2v) is 8.87. The fraction of sp³-hybridized carbons (Fsp3) is 0.571. The number of hydrogen-bond donors (Lipinski definition) is 0. The number of hydrogen-bond acceptors (Lipinski definition) is 3. The average molecular weight is 371 g/mol. The molecule has 0 bridgehead atoms. The quantitative estimate of drug-likeness (QED) is 0.755. The van der Waals surface area contributed by atoms with Crippen molar-refractivity contribution in [3.05, 3.63) is 40.8 Å². The standard InChI is InChI=1S/C21H27BFNO3/c1-20(2)21(3,4)27-22(26-20)15-6-5-14-11-12-24(19(25)18(14)13-15)17-9-7-16(23)8-10-17/h5-6,11-13,16-17H,7-10H2,1-4H3. The first-order valence-electron chi connectivity index (χ1n) is 9.82. The highest BCUT2D eigenvalue weighted by Gasteiger charge is 2.51. The van der Waals surface area contributed by atoms with Crippen molar-refractivity contribution >= 4 is 23.4 Å². The number of halogens is 1. The molecule has 0 atom stereocenters. The Hall–Kier alpha value is -1.66. The first kappa shape index (κ1) is 18.7. The molecule has 1 aromatic heterocycles. The number of pyridine rings is 1. The van der Waals surface area contributed by atoms with Crippen LogP contribution in [0.25, 0.3) is 10.8 Å². The van der Waals surface area contributed by atoms with E-state index < -0.39 is 24.5 Å². The van der Waals surface area contributed by atoms with Crippen molar-refractivity contribution in [2.24, 2.45) is 0 Å². The lowest BCUT2D eigenvalue weighted by Gasteiger charge is -2.32. The van der Waals surface area contributed by atoms with Crippen LogP contribution in [0.15, 0.2) is 35.3 Å². The Balaban J connectivity index is 1.70. The van der Waals surface area contributed by atoms with Crippen molar-refractivity contribution in [3.63, 3.8) is 0 Å². The monoisotopic (exact) mass is 371 g/mol. The molecule has 27 heavy (non-hydrogen) atoms. The molecular formula is C21H27BFNO3. The van der Waals surface area contributed by atoms with Gasteiger partial charge in [0.25, 0.3) is 5.56 Å². The molecular weight excluding hydrogens is 344 g/mol. The summed E-state index contributed by atoms with van der Waals surface area (Å²) in [5.41, 5.74) is -0.0140. The van der Waals surface area contributed by atoms with E-state index in [-0.39, 0.29) is 11.6 Å². The van der Waals surface area contributed by atoms with Crippen molar-refractivity contribution < 1.29 is 13.7 Å². The SMILES string of the molecule is CC1(C)OB(c2ccc3ccn(C4CCC(F)CC4)c(=O)c3c2)OC1(C)C. The minimum Gasteiger partial charge on any atom is -0.399 e. The normalized spacial score (nSPS) is 27.2. The van der Waals surface area contributed by atoms with Crippen LogP contribution in [0, 0.1) is 0 Å². The molecule has 0 amide bonds. The smallest absolute Gasteiger partial charge is 0.399 e. The van der Waals surface area contributed by atoms with Crippen molar-refractivity contribution in [2.75, 3.05) is 0 Å². The maximum absolute atomic E-state index is 13.5. The fourth-order valence-electron chi connectivity index (χ4n) is 4.00. The van der Waals surface area contributed by atoms with Crippen LogP contribution in [-0.2, 0) is 9.31 Å². The summed E-state index contributed by atoms with van der Waals surface area (Å²) >= 11 is 0. The Morgan fingerprint density at radius 1 is 1.04 bits per heavy atom. The molecule has 0 unspecified atom stereocenters. The molecule has 144 valence electrons. The number of nitrogens with zero attached hydrogens (tertiary/aromatic N) is 1. The lowest BCUT2D eigenvalue weighted by atomic mass is 9.78. The van der Waals surface area contributed by atoms with E-state index in [0.717, 1.165) is 10.8 Å². The van der Waals surface area contributed by atoms with Crippen LogP contribution in [0.3, 0.4) is 0 Å². The van der Waals surface area contributed by atoms with Gasteiger partial charge in [-0.25, -0.2) is 4.39 Å². The molecule has 0 N–H and O–H groups in total. The zero-order valence-electron chi connectivity index (χ0n) is 16.5. The van der Waals surface area contributed by atoms with Gasteiger partial charge in [0.2, 0.25) is 0 Å². The highest BCUT2D eigenvalue weighted by Crippen LogP contribution is 2.36. The second-order valence-electron chi connectivity index (χ2n) is 8.87. The molecule has 6 heteroatoms. The summed E-state index contributed by atoms with van der Waals surface area (Å²) in [4.78, 5) is 13.1. The lowest BCUT2D eigenvalue weighted by Crippen LogP contribution is -2.41. The number of alkyl halides is 1. The zero-order chi connectivity index (χ0) is 19.4. The Morgan fingerprint density at radius 2 is 1.67 bits per heavy atom. The van der Waals surface area contributed by atoms with Gasteiger partial charge in [-0.2, -0.15) is 0 Å². The van der Waals surface area contributed by atoms with E-state index in [9.17, 15) is 9.18 Å². The van der Waals surface area contributed by atoms with Crippen LogP contribution in [0.2, 0.25) is 0 Å². The summed E-state index contributed by atoms with van der Waals surface area (Å²) in [6.07, 6.45) is 3.61. The Kier molecular flexibility index (Phi) is 4.47. The molecule has 0 spiro atoms. The van der Waals surface area contributed by atoms with E-state index in [4.69, 9.17) is 9.31 Å². The van der Waals surface area contributed by atoms with Crippen LogP contribution >= 0.6 is 0 Å². The molecule has 2 heterocycles. The van der Waals surface area contributed by atoms with Crippen molar-refractivity contribution in [1.29, 1.82) is 0 Å². The van der Waals surface area contributed by atoms with E-state index in [1.807, 2.05) is 58.2 Å². The van der Waals surface area contributed by atoms with Gasteiger partial charge in [-0.3, -0.25) is 4.79 Å². The van der Waals surface area contributed by atoms with Crippen LogP contribution in [0.4, 0.5) is 4.39 Å². The van der Waals surface area contributed by atoms with Gasteiger partial charge < -0.3 is 13.9 Å². The number of rotatable bonds is 2. The third kappa shape index (κ3) is 3.23. The molecule has 0 radical (unpaired) electrons.